The van der Waals surface area contributed by atoms with Crippen molar-refractivity contribution in [3.8, 4) is 0 Å². The molecule has 0 aliphatic carbocycles. The Balaban J connectivity index is 0. The van der Waals surface area contributed by atoms with Gasteiger partial charge in [0, 0.05) is 12.4 Å². The van der Waals surface area contributed by atoms with Gasteiger partial charge in [0.05, 0.1) is 0 Å². The first-order chi connectivity index (χ1) is 5.77. The molecule has 0 bridgehead atoms. The summed E-state index contributed by atoms with van der Waals surface area (Å²) >= 11 is 0. The van der Waals surface area contributed by atoms with Crippen LogP contribution in [0.1, 0.15) is 2.85 Å². The van der Waals surface area contributed by atoms with Crippen LogP contribution in [0.3, 0.4) is 0 Å². The minimum atomic E-state index is -0.370. The first kappa shape index (κ1) is 10.4. The molecule has 0 spiro atoms. The van der Waals surface area contributed by atoms with Crippen LogP contribution in [-0.2, 0) is 0 Å². The molecule has 2 aromatic rings. The Morgan fingerprint density at radius 1 is 1.38 bits per heavy atom. The molecule has 0 aromatic carbocycles. The van der Waals surface area contributed by atoms with Crippen LogP contribution in [0.15, 0.2) is 17.2 Å². The summed E-state index contributed by atoms with van der Waals surface area (Å²) in [6, 6.07) is 0. The van der Waals surface area contributed by atoms with Crippen LogP contribution in [0.4, 0.5) is 5.95 Å². The molecule has 0 aliphatic heterocycles. The fourth-order valence-electron chi connectivity index (χ4n) is 0.890. The van der Waals surface area contributed by atoms with Crippen LogP contribution < -0.4 is 11.3 Å². The zero-order valence-corrected chi connectivity index (χ0v) is 8.90. The van der Waals surface area contributed by atoms with Gasteiger partial charge in [-0.2, -0.15) is 4.98 Å². The molecule has 2 aromatic heterocycles. The van der Waals surface area contributed by atoms with Crippen molar-refractivity contribution in [3.63, 3.8) is 0 Å². The molecule has 0 saturated heterocycles. The predicted octanol–water partition coefficient (Wildman–Crippen LogP) is -0.861. The number of nitrogens with two attached hydrogens (primary N) is 1. The molecule has 0 radical (unpaired) electrons. The molecule has 2 rings (SSSR count). The SMILES string of the molecule is Nc1nc2nccnc2c(=O)[nH]1.[Ca+2].[H-].[H-]. The first-order valence-electron chi connectivity index (χ1n) is 3.24. The Labute approximate surface area is 106 Å². The summed E-state index contributed by atoms with van der Waals surface area (Å²) in [4.78, 5) is 24.9. The van der Waals surface area contributed by atoms with E-state index in [-0.39, 0.29) is 63.3 Å². The Morgan fingerprint density at radius 3 is 2.85 bits per heavy atom. The maximum absolute atomic E-state index is 11.1. The van der Waals surface area contributed by atoms with Gasteiger partial charge in [0.2, 0.25) is 5.95 Å². The number of fused-ring (bicyclic) bond motifs is 1. The average molecular weight is 205 g/mol. The molecule has 0 unspecified atom stereocenters. The third-order valence-electron chi connectivity index (χ3n) is 1.36. The van der Waals surface area contributed by atoms with Gasteiger partial charge in [0.15, 0.2) is 11.2 Å². The topological polar surface area (TPSA) is 97.5 Å². The summed E-state index contributed by atoms with van der Waals surface area (Å²) in [7, 11) is 0. The van der Waals surface area contributed by atoms with Crippen molar-refractivity contribution in [2.24, 2.45) is 0 Å². The fourth-order valence-corrected chi connectivity index (χ4v) is 0.890. The number of nitrogen functional groups attached to an aromatic ring is 1. The molecule has 64 valence electrons. The van der Waals surface area contributed by atoms with E-state index in [0.717, 1.165) is 0 Å². The Bertz CT molecular complexity index is 490. The molecule has 6 nitrogen and oxygen atoms in total. The normalized spacial score (nSPS) is 9.54. The number of hydrogen-bond donors (Lipinski definition) is 2. The molecule has 0 aliphatic rings. The predicted molar refractivity (Wildman–Crippen MR) is 50.3 cm³/mol. The standard InChI is InChI=1S/C6H5N5O.Ca.2H/c7-6-10-4-3(5(12)11-6)8-1-2-9-4;;;/h1-2H,(H3,7,9,10,11,12);;;/q;+2;2*-1. The number of rotatable bonds is 0. The molecule has 2 heterocycles. The molecule has 0 atom stereocenters. The second-order valence-electron chi connectivity index (χ2n) is 2.18. The van der Waals surface area contributed by atoms with Crippen molar-refractivity contribution in [3.05, 3.63) is 22.7 Å². The minimum absolute atomic E-state index is 0. The van der Waals surface area contributed by atoms with E-state index in [4.69, 9.17) is 5.73 Å². The zero-order chi connectivity index (χ0) is 8.55. The third-order valence-corrected chi connectivity index (χ3v) is 1.36. The van der Waals surface area contributed by atoms with E-state index in [1.54, 1.807) is 0 Å². The number of aromatic amines is 1. The average Bonchev–Trinajstić information content (AvgIpc) is 2.04. The van der Waals surface area contributed by atoms with Crippen molar-refractivity contribution < 1.29 is 2.85 Å². The summed E-state index contributed by atoms with van der Waals surface area (Å²) in [6.07, 6.45) is 2.88. The van der Waals surface area contributed by atoms with Gasteiger partial charge in [-0.05, 0) is 0 Å². The van der Waals surface area contributed by atoms with E-state index in [1.165, 1.54) is 12.4 Å². The van der Waals surface area contributed by atoms with Crippen molar-refractivity contribution >= 4 is 54.9 Å². The van der Waals surface area contributed by atoms with E-state index in [1.807, 2.05) is 0 Å². The van der Waals surface area contributed by atoms with Crippen LogP contribution in [0, 0.1) is 0 Å². The number of anilines is 1. The molecular formula is C6H7CaN5O. The fraction of sp³-hybridized carbons (Fsp3) is 0. The van der Waals surface area contributed by atoms with Crippen LogP contribution in [0.5, 0.6) is 0 Å². The summed E-state index contributed by atoms with van der Waals surface area (Å²) in [5, 5.41) is 0. The van der Waals surface area contributed by atoms with Crippen molar-refractivity contribution in [2.45, 2.75) is 0 Å². The van der Waals surface area contributed by atoms with E-state index in [9.17, 15) is 4.79 Å². The van der Waals surface area contributed by atoms with E-state index < -0.39 is 0 Å². The summed E-state index contributed by atoms with van der Waals surface area (Å²) in [5.74, 6) is 0.0491. The smallest absolute Gasteiger partial charge is 1.00 e. The molecule has 13 heavy (non-hydrogen) atoms. The molecule has 3 N–H and O–H groups in total. The van der Waals surface area contributed by atoms with Gasteiger partial charge in [0.25, 0.3) is 5.56 Å². The van der Waals surface area contributed by atoms with Gasteiger partial charge in [-0.25, -0.2) is 9.97 Å². The minimum Gasteiger partial charge on any atom is -1.00 e. The molecule has 0 fully saturated rings. The molecule has 7 heteroatoms. The van der Waals surface area contributed by atoms with Gasteiger partial charge in [-0.15, -0.1) is 0 Å². The van der Waals surface area contributed by atoms with Crippen molar-refractivity contribution in [1.29, 1.82) is 0 Å². The van der Waals surface area contributed by atoms with Gasteiger partial charge in [-0.1, -0.05) is 0 Å². The van der Waals surface area contributed by atoms with Gasteiger partial charge < -0.3 is 8.59 Å². The maximum atomic E-state index is 11.1. The molecule has 0 saturated carbocycles. The number of aromatic nitrogens is 4. The summed E-state index contributed by atoms with van der Waals surface area (Å²) in [5.41, 5.74) is 5.38. The Hall–Kier alpha value is -0.720. The third kappa shape index (κ3) is 1.96. The van der Waals surface area contributed by atoms with Gasteiger partial charge in [0.1, 0.15) is 0 Å². The largest absolute Gasteiger partial charge is 2.00 e. The molecule has 0 amide bonds. The zero-order valence-electron chi connectivity index (χ0n) is 8.69. The van der Waals surface area contributed by atoms with Crippen LogP contribution >= 0.6 is 0 Å². The molecular weight excluding hydrogens is 198 g/mol. The van der Waals surface area contributed by atoms with Gasteiger partial charge >= 0.3 is 37.7 Å². The van der Waals surface area contributed by atoms with E-state index in [0.29, 0.717) is 0 Å². The number of nitrogens with one attached hydrogen (secondary N) is 1. The first-order valence-corrected chi connectivity index (χ1v) is 3.24. The van der Waals surface area contributed by atoms with E-state index in [2.05, 4.69) is 19.9 Å². The number of H-pyrrole nitrogens is 1. The monoisotopic (exact) mass is 205 g/mol. The Morgan fingerprint density at radius 2 is 2.08 bits per heavy atom. The van der Waals surface area contributed by atoms with Crippen LogP contribution in [-0.4, -0.2) is 57.7 Å². The summed E-state index contributed by atoms with van der Waals surface area (Å²) < 4.78 is 0. The van der Waals surface area contributed by atoms with Gasteiger partial charge in [-0.3, -0.25) is 9.78 Å². The second kappa shape index (κ2) is 3.99. The second-order valence-corrected chi connectivity index (χ2v) is 2.18. The van der Waals surface area contributed by atoms with Crippen LogP contribution in [0.25, 0.3) is 11.2 Å². The van der Waals surface area contributed by atoms with E-state index >= 15 is 0 Å². The Kier molecular flexibility index (Phi) is 3.18. The number of nitrogens with zero attached hydrogens (tertiary/aromatic N) is 3. The van der Waals surface area contributed by atoms with Crippen molar-refractivity contribution in [1.82, 2.24) is 19.9 Å². The van der Waals surface area contributed by atoms with Crippen LogP contribution in [0.2, 0.25) is 0 Å². The maximum Gasteiger partial charge on any atom is 2.00 e. The summed E-state index contributed by atoms with van der Waals surface area (Å²) in [6.45, 7) is 0. The quantitative estimate of drug-likeness (QED) is 0.545. The van der Waals surface area contributed by atoms with Crippen molar-refractivity contribution in [2.75, 3.05) is 5.73 Å². The number of hydrogen-bond acceptors (Lipinski definition) is 5.